The third kappa shape index (κ3) is 2.62. The van der Waals surface area contributed by atoms with Gasteiger partial charge in [0.05, 0.1) is 17.8 Å². The van der Waals surface area contributed by atoms with E-state index in [1.54, 1.807) is 14.7 Å². The van der Waals surface area contributed by atoms with Crippen LogP contribution in [-0.2, 0) is 14.4 Å². The quantitative estimate of drug-likeness (QED) is 0.787. The number of carbonyl (C=O) groups excluding carboxylic acids is 3. The van der Waals surface area contributed by atoms with Gasteiger partial charge >= 0.3 is 0 Å². The van der Waals surface area contributed by atoms with Crippen molar-refractivity contribution in [2.45, 2.75) is 43.8 Å². The Morgan fingerprint density at radius 1 is 1.23 bits per heavy atom. The zero-order chi connectivity index (χ0) is 18.5. The number of anilines is 1. The number of thiophene rings is 1. The fraction of sp³-hybridized carbons (Fsp3) is 0.611. The van der Waals surface area contributed by atoms with Crippen LogP contribution < -0.4 is 4.90 Å². The van der Waals surface area contributed by atoms with Crippen molar-refractivity contribution in [2.75, 3.05) is 31.1 Å². The lowest BCUT2D eigenvalue weighted by Crippen LogP contribution is -2.67. The minimum absolute atomic E-state index is 0.00597. The number of likely N-dealkylation sites (tertiary alicyclic amines) is 1. The van der Waals surface area contributed by atoms with Crippen LogP contribution in [0.2, 0.25) is 0 Å². The summed E-state index contributed by atoms with van der Waals surface area (Å²) in [4.78, 5) is 42.2. The SMILES string of the molecule is CC(=O)N1CC(=O)N(c2ccsc2)CC12CCN(C(=O)C1(F)CCC1)C2. The molecule has 1 aliphatic carbocycles. The lowest BCUT2D eigenvalue weighted by molar-refractivity contribution is -0.151. The van der Waals surface area contributed by atoms with Crippen LogP contribution >= 0.6 is 11.3 Å². The summed E-state index contributed by atoms with van der Waals surface area (Å²) >= 11 is 1.50. The molecule has 26 heavy (non-hydrogen) atoms. The molecule has 2 aliphatic heterocycles. The average molecular weight is 379 g/mol. The minimum Gasteiger partial charge on any atom is -0.337 e. The minimum atomic E-state index is -1.73. The maximum absolute atomic E-state index is 14.6. The molecule has 1 atom stereocenters. The highest BCUT2D eigenvalue weighted by molar-refractivity contribution is 7.08. The van der Waals surface area contributed by atoms with E-state index in [1.807, 2.05) is 16.8 Å². The summed E-state index contributed by atoms with van der Waals surface area (Å²) in [5.41, 5.74) is -1.56. The molecule has 0 aromatic carbocycles. The molecule has 3 amide bonds. The van der Waals surface area contributed by atoms with E-state index in [0.717, 1.165) is 12.1 Å². The normalized spacial score (nSPS) is 27.8. The number of hydrogen-bond donors (Lipinski definition) is 0. The summed E-state index contributed by atoms with van der Waals surface area (Å²) < 4.78 is 14.6. The summed E-state index contributed by atoms with van der Waals surface area (Å²) in [6.45, 7) is 2.48. The molecule has 1 aromatic rings. The third-order valence-corrected chi connectivity index (χ3v) is 6.64. The number of carbonyl (C=O) groups is 3. The van der Waals surface area contributed by atoms with E-state index in [2.05, 4.69) is 0 Å². The Hall–Kier alpha value is -1.96. The predicted molar refractivity (Wildman–Crippen MR) is 95.7 cm³/mol. The smallest absolute Gasteiger partial charge is 0.260 e. The molecule has 1 unspecified atom stereocenters. The van der Waals surface area contributed by atoms with Crippen LogP contribution in [0.1, 0.15) is 32.6 Å². The van der Waals surface area contributed by atoms with Crippen molar-refractivity contribution in [1.29, 1.82) is 0 Å². The highest BCUT2D eigenvalue weighted by atomic mass is 32.1. The van der Waals surface area contributed by atoms with Gasteiger partial charge in [-0.2, -0.15) is 11.3 Å². The largest absolute Gasteiger partial charge is 0.337 e. The number of halogens is 1. The Labute approximate surface area is 155 Å². The molecule has 2 saturated heterocycles. The fourth-order valence-electron chi connectivity index (χ4n) is 4.31. The monoisotopic (exact) mass is 379 g/mol. The van der Waals surface area contributed by atoms with Gasteiger partial charge in [-0.3, -0.25) is 14.4 Å². The fourth-order valence-corrected chi connectivity index (χ4v) is 4.95. The number of hydrogen-bond acceptors (Lipinski definition) is 4. The van der Waals surface area contributed by atoms with Gasteiger partial charge in [-0.25, -0.2) is 4.39 Å². The summed E-state index contributed by atoms with van der Waals surface area (Å²) in [5.74, 6) is -0.769. The maximum Gasteiger partial charge on any atom is 0.260 e. The second-order valence-electron chi connectivity index (χ2n) is 7.59. The number of alkyl halides is 1. The Morgan fingerprint density at radius 2 is 2.00 bits per heavy atom. The molecular weight excluding hydrogens is 357 g/mol. The van der Waals surface area contributed by atoms with E-state index in [1.165, 1.54) is 18.3 Å². The summed E-state index contributed by atoms with van der Waals surface area (Å²) in [6, 6.07) is 1.88. The van der Waals surface area contributed by atoms with Crippen molar-refractivity contribution in [3.8, 4) is 0 Å². The molecule has 0 radical (unpaired) electrons. The van der Waals surface area contributed by atoms with Gasteiger partial charge in [-0.15, -0.1) is 0 Å². The van der Waals surface area contributed by atoms with Crippen molar-refractivity contribution in [3.05, 3.63) is 16.8 Å². The molecule has 0 N–H and O–H groups in total. The highest BCUT2D eigenvalue weighted by Gasteiger charge is 2.55. The van der Waals surface area contributed by atoms with E-state index in [-0.39, 0.29) is 37.7 Å². The van der Waals surface area contributed by atoms with Crippen LogP contribution in [-0.4, -0.2) is 64.9 Å². The molecule has 3 aliphatic rings. The van der Waals surface area contributed by atoms with Crippen molar-refractivity contribution >= 4 is 34.7 Å². The van der Waals surface area contributed by atoms with Crippen molar-refractivity contribution < 1.29 is 18.8 Å². The molecule has 1 spiro atoms. The topological polar surface area (TPSA) is 60.9 Å². The van der Waals surface area contributed by atoms with Gasteiger partial charge in [0.25, 0.3) is 5.91 Å². The number of rotatable bonds is 2. The first-order valence-electron chi connectivity index (χ1n) is 8.94. The maximum atomic E-state index is 14.6. The molecule has 3 heterocycles. The van der Waals surface area contributed by atoms with Crippen molar-refractivity contribution in [3.63, 3.8) is 0 Å². The van der Waals surface area contributed by atoms with E-state index in [0.29, 0.717) is 19.5 Å². The van der Waals surface area contributed by atoms with Crippen LogP contribution in [0.25, 0.3) is 0 Å². The molecular formula is C18H22FN3O3S. The lowest BCUT2D eigenvalue weighted by atomic mass is 9.81. The van der Waals surface area contributed by atoms with E-state index in [9.17, 15) is 18.8 Å². The van der Waals surface area contributed by atoms with Gasteiger partial charge in [-0.05, 0) is 37.1 Å². The van der Waals surface area contributed by atoms with Gasteiger partial charge in [0, 0.05) is 25.4 Å². The molecule has 8 heteroatoms. The first-order chi connectivity index (χ1) is 12.3. The van der Waals surface area contributed by atoms with Gasteiger partial charge < -0.3 is 14.7 Å². The van der Waals surface area contributed by atoms with Crippen LogP contribution in [0.3, 0.4) is 0 Å². The third-order valence-electron chi connectivity index (χ3n) is 5.97. The number of nitrogens with zero attached hydrogens (tertiary/aromatic N) is 3. The van der Waals surface area contributed by atoms with E-state index in [4.69, 9.17) is 0 Å². The molecule has 6 nitrogen and oxygen atoms in total. The molecule has 1 aromatic heterocycles. The van der Waals surface area contributed by atoms with Gasteiger partial charge in [0.1, 0.15) is 6.54 Å². The summed E-state index contributed by atoms with van der Waals surface area (Å²) in [5, 5.41) is 3.80. The lowest BCUT2D eigenvalue weighted by Gasteiger charge is -2.48. The first kappa shape index (κ1) is 17.5. The van der Waals surface area contributed by atoms with E-state index >= 15 is 0 Å². The zero-order valence-electron chi connectivity index (χ0n) is 14.7. The molecule has 1 saturated carbocycles. The van der Waals surface area contributed by atoms with Gasteiger partial charge in [0.2, 0.25) is 11.8 Å². The van der Waals surface area contributed by atoms with Crippen molar-refractivity contribution in [1.82, 2.24) is 9.80 Å². The molecule has 140 valence electrons. The summed E-state index contributed by atoms with van der Waals surface area (Å²) in [7, 11) is 0. The Morgan fingerprint density at radius 3 is 2.58 bits per heavy atom. The first-order valence-corrected chi connectivity index (χ1v) is 9.88. The Bertz CT molecular complexity index is 749. The van der Waals surface area contributed by atoms with Gasteiger partial charge in [-0.1, -0.05) is 0 Å². The van der Waals surface area contributed by atoms with Crippen LogP contribution in [0.15, 0.2) is 16.8 Å². The second-order valence-corrected chi connectivity index (χ2v) is 8.37. The van der Waals surface area contributed by atoms with Crippen molar-refractivity contribution in [2.24, 2.45) is 0 Å². The van der Waals surface area contributed by atoms with Crippen LogP contribution in [0.5, 0.6) is 0 Å². The zero-order valence-corrected chi connectivity index (χ0v) is 15.6. The Kier molecular flexibility index (Phi) is 4.06. The standard InChI is InChI=1S/C18H22FN3O3S/c1-13(23)22-9-15(24)21(14-3-8-26-10-14)12-17(22)6-7-20(11-17)16(25)18(19)4-2-5-18/h3,8,10H,2,4-7,9,11-12H2,1H3. The number of amides is 3. The van der Waals surface area contributed by atoms with Crippen LogP contribution in [0, 0.1) is 0 Å². The molecule has 3 fully saturated rings. The highest BCUT2D eigenvalue weighted by Crippen LogP contribution is 2.41. The van der Waals surface area contributed by atoms with E-state index < -0.39 is 17.1 Å². The number of piperazine rings is 1. The predicted octanol–water partition coefficient (Wildman–Crippen LogP) is 1.81. The second kappa shape index (κ2) is 6.04. The summed E-state index contributed by atoms with van der Waals surface area (Å²) in [6.07, 6.45) is 1.86. The average Bonchev–Trinajstić information content (AvgIpc) is 3.24. The molecule has 0 bridgehead atoms. The van der Waals surface area contributed by atoms with Crippen LogP contribution in [0.4, 0.5) is 10.1 Å². The van der Waals surface area contributed by atoms with Gasteiger partial charge in [0.15, 0.2) is 5.67 Å². The Balaban J connectivity index is 1.60. The molecule has 4 rings (SSSR count).